The smallest absolute Gasteiger partial charge is 0.457 e. The van der Waals surface area contributed by atoms with Crippen LogP contribution in [0.5, 0.6) is 17.2 Å². The van der Waals surface area contributed by atoms with E-state index in [9.17, 15) is 18.3 Å². The summed E-state index contributed by atoms with van der Waals surface area (Å²) in [6.07, 6.45) is -3.31. The predicted octanol–water partition coefficient (Wildman–Crippen LogP) is 5.66. The highest BCUT2D eigenvalue weighted by Gasteiger charge is 2.32. The Bertz CT molecular complexity index is 1280. The maximum atomic E-state index is 12.8. The summed E-state index contributed by atoms with van der Waals surface area (Å²) < 4.78 is 50.5. The molecule has 4 rings (SSSR count). The van der Waals surface area contributed by atoms with E-state index in [4.69, 9.17) is 4.74 Å². The van der Waals surface area contributed by atoms with Crippen LogP contribution in [0.1, 0.15) is 5.69 Å². The number of alkyl halides is 3. The maximum absolute atomic E-state index is 12.8. The van der Waals surface area contributed by atoms with Crippen molar-refractivity contribution in [2.24, 2.45) is 7.05 Å². The predicted molar refractivity (Wildman–Crippen MR) is 115 cm³/mol. The zero-order valence-corrected chi connectivity index (χ0v) is 18.1. The van der Waals surface area contributed by atoms with E-state index >= 15 is 0 Å². The molecule has 0 radical (unpaired) electrons. The lowest BCUT2D eigenvalue weighted by molar-refractivity contribution is -0.274. The highest BCUT2D eigenvalue weighted by Crippen LogP contribution is 2.35. The number of ether oxygens (including phenoxy) is 2. The fourth-order valence-electron chi connectivity index (χ4n) is 3.03. The first-order valence-electron chi connectivity index (χ1n) is 9.24. The number of rotatable bonds is 6. The summed E-state index contributed by atoms with van der Waals surface area (Å²) in [5.74, 6) is 0.932. The minimum atomic E-state index is -4.83. The first kappa shape index (κ1) is 21.9. The van der Waals surface area contributed by atoms with Crippen molar-refractivity contribution in [1.29, 1.82) is 0 Å². The zero-order chi connectivity index (χ0) is 22.9. The van der Waals surface area contributed by atoms with Crippen molar-refractivity contribution < 1.29 is 27.8 Å². The summed E-state index contributed by atoms with van der Waals surface area (Å²) in [6.45, 7) is -0.207. The Hall–Kier alpha value is -3.31. The first-order valence-corrected chi connectivity index (χ1v) is 10.0. The standard InChI is InChI=1S/C21H16BrF3N4O3/c1-29-18-5-3-14(31-15-6-7-26-13(9-15)11-30)10-17(18)28-20(29)27-16-4-2-12(22)8-19(16)32-21(23,24)25/h2-10,30H,11H2,1H3,(H,27,28). The molecule has 0 spiro atoms. The topological polar surface area (TPSA) is 81.4 Å². The van der Waals surface area contributed by atoms with Gasteiger partial charge in [-0.2, -0.15) is 0 Å². The quantitative estimate of drug-likeness (QED) is 0.349. The molecule has 32 heavy (non-hydrogen) atoms. The monoisotopic (exact) mass is 508 g/mol. The van der Waals surface area contributed by atoms with Crippen LogP contribution in [0.4, 0.5) is 24.8 Å². The highest BCUT2D eigenvalue weighted by atomic mass is 79.9. The summed E-state index contributed by atoms with van der Waals surface area (Å²) in [4.78, 5) is 8.48. The van der Waals surface area contributed by atoms with Gasteiger partial charge in [0, 0.05) is 29.8 Å². The highest BCUT2D eigenvalue weighted by molar-refractivity contribution is 9.10. The molecule has 0 saturated heterocycles. The summed E-state index contributed by atoms with van der Waals surface area (Å²) >= 11 is 3.15. The van der Waals surface area contributed by atoms with Gasteiger partial charge in [-0.3, -0.25) is 4.98 Å². The van der Waals surface area contributed by atoms with Crippen LogP contribution in [0.25, 0.3) is 11.0 Å². The normalized spacial score (nSPS) is 11.6. The van der Waals surface area contributed by atoms with Gasteiger partial charge in [0.2, 0.25) is 5.95 Å². The number of fused-ring (bicyclic) bond motifs is 1. The number of pyridine rings is 1. The van der Waals surface area contributed by atoms with Crippen LogP contribution in [-0.4, -0.2) is 26.0 Å². The third kappa shape index (κ3) is 4.94. The lowest BCUT2D eigenvalue weighted by atomic mass is 10.3. The molecule has 166 valence electrons. The molecule has 0 unspecified atom stereocenters. The number of nitrogens with one attached hydrogen (secondary N) is 1. The number of anilines is 2. The van der Waals surface area contributed by atoms with Crippen molar-refractivity contribution >= 4 is 38.6 Å². The van der Waals surface area contributed by atoms with Crippen molar-refractivity contribution in [3.8, 4) is 17.2 Å². The van der Waals surface area contributed by atoms with Crippen LogP contribution in [-0.2, 0) is 13.7 Å². The van der Waals surface area contributed by atoms with Crippen LogP contribution < -0.4 is 14.8 Å². The lowest BCUT2D eigenvalue weighted by Gasteiger charge is -2.14. The minimum Gasteiger partial charge on any atom is -0.457 e. The lowest BCUT2D eigenvalue weighted by Crippen LogP contribution is -2.18. The summed E-state index contributed by atoms with van der Waals surface area (Å²) in [5.41, 5.74) is 1.88. The molecule has 0 aliphatic rings. The molecule has 2 N–H and O–H groups in total. The molecular weight excluding hydrogens is 493 g/mol. The number of aliphatic hydroxyl groups excluding tert-OH is 1. The largest absolute Gasteiger partial charge is 0.573 e. The molecule has 0 fully saturated rings. The van der Waals surface area contributed by atoms with Crippen molar-refractivity contribution in [2.75, 3.05) is 5.32 Å². The molecule has 2 heterocycles. The second kappa shape index (κ2) is 8.67. The fraction of sp³-hybridized carbons (Fsp3) is 0.143. The van der Waals surface area contributed by atoms with Gasteiger partial charge < -0.3 is 24.5 Å². The van der Waals surface area contributed by atoms with Crippen molar-refractivity contribution in [3.63, 3.8) is 0 Å². The molecule has 0 saturated carbocycles. The Morgan fingerprint density at radius 3 is 2.62 bits per heavy atom. The average molecular weight is 509 g/mol. The number of hydrogen-bond donors (Lipinski definition) is 2. The number of aliphatic hydroxyl groups is 1. The molecule has 7 nitrogen and oxygen atoms in total. The Kier molecular flexibility index (Phi) is 5.94. The summed E-state index contributed by atoms with van der Waals surface area (Å²) in [7, 11) is 1.73. The Balaban J connectivity index is 1.63. The van der Waals surface area contributed by atoms with Crippen molar-refractivity contribution in [2.45, 2.75) is 13.0 Å². The van der Waals surface area contributed by atoms with E-state index < -0.39 is 6.36 Å². The fourth-order valence-corrected chi connectivity index (χ4v) is 3.37. The molecule has 0 bridgehead atoms. The van der Waals surface area contributed by atoms with Crippen LogP contribution in [0.15, 0.2) is 59.2 Å². The number of halogens is 4. The van der Waals surface area contributed by atoms with Gasteiger partial charge >= 0.3 is 6.36 Å². The molecule has 4 aromatic rings. The SMILES string of the molecule is Cn1c(Nc2ccc(Br)cc2OC(F)(F)F)nc2cc(Oc3ccnc(CO)c3)ccc21. The van der Waals surface area contributed by atoms with Gasteiger partial charge in [-0.05, 0) is 36.4 Å². The van der Waals surface area contributed by atoms with E-state index in [1.807, 2.05) is 0 Å². The Labute approximate surface area is 188 Å². The van der Waals surface area contributed by atoms with Gasteiger partial charge in [-0.25, -0.2) is 4.98 Å². The van der Waals surface area contributed by atoms with Crippen LogP contribution in [0.3, 0.4) is 0 Å². The van der Waals surface area contributed by atoms with Crippen LogP contribution >= 0.6 is 15.9 Å². The van der Waals surface area contributed by atoms with Crippen molar-refractivity contribution in [3.05, 3.63) is 64.9 Å². The Morgan fingerprint density at radius 2 is 1.88 bits per heavy atom. The molecule has 2 aromatic heterocycles. The van der Waals surface area contributed by atoms with Crippen LogP contribution in [0.2, 0.25) is 0 Å². The molecule has 0 aliphatic carbocycles. The molecule has 0 aliphatic heterocycles. The molecule has 0 atom stereocenters. The van der Waals surface area contributed by atoms with Crippen molar-refractivity contribution in [1.82, 2.24) is 14.5 Å². The Morgan fingerprint density at radius 1 is 1.09 bits per heavy atom. The average Bonchev–Trinajstić information content (AvgIpc) is 3.04. The first-order chi connectivity index (χ1) is 15.2. The van der Waals surface area contributed by atoms with E-state index in [1.165, 1.54) is 18.3 Å². The maximum Gasteiger partial charge on any atom is 0.573 e. The third-order valence-electron chi connectivity index (χ3n) is 4.45. The van der Waals surface area contributed by atoms with E-state index in [-0.39, 0.29) is 18.0 Å². The second-order valence-electron chi connectivity index (χ2n) is 6.70. The van der Waals surface area contributed by atoms with Gasteiger partial charge in [0.25, 0.3) is 0 Å². The zero-order valence-electron chi connectivity index (χ0n) is 16.5. The van der Waals surface area contributed by atoms with Gasteiger partial charge in [0.1, 0.15) is 11.5 Å². The number of nitrogens with zero attached hydrogens (tertiary/aromatic N) is 3. The van der Waals surface area contributed by atoms with E-state index in [2.05, 4.69) is 36.0 Å². The van der Waals surface area contributed by atoms with E-state index in [1.54, 1.807) is 48.0 Å². The number of aromatic nitrogens is 3. The molecule has 0 amide bonds. The molecule has 11 heteroatoms. The van der Waals surface area contributed by atoms with Gasteiger partial charge in [0.15, 0.2) is 5.75 Å². The van der Waals surface area contributed by atoms with E-state index in [0.717, 1.165) is 5.52 Å². The van der Waals surface area contributed by atoms with Gasteiger partial charge in [-0.15, -0.1) is 13.2 Å². The number of benzene rings is 2. The number of aryl methyl sites for hydroxylation is 1. The number of hydrogen-bond acceptors (Lipinski definition) is 6. The van der Waals surface area contributed by atoms with E-state index in [0.29, 0.717) is 33.1 Å². The second-order valence-corrected chi connectivity index (χ2v) is 7.62. The molecule has 2 aromatic carbocycles. The summed E-state index contributed by atoms with van der Waals surface area (Å²) in [6, 6.07) is 12.8. The number of imidazole rings is 1. The minimum absolute atomic E-state index is 0.105. The summed E-state index contributed by atoms with van der Waals surface area (Å²) in [5, 5.41) is 12.1. The molecular formula is C21H16BrF3N4O3. The van der Waals surface area contributed by atoms with Crippen LogP contribution in [0, 0.1) is 0 Å². The third-order valence-corrected chi connectivity index (χ3v) is 4.95. The van der Waals surface area contributed by atoms with Gasteiger partial charge in [0.05, 0.1) is 29.0 Å². The van der Waals surface area contributed by atoms with Gasteiger partial charge in [-0.1, -0.05) is 15.9 Å².